The van der Waals surface area contributed by atoms with Crippen LogP contribution in [0.2, 0.25) is 10.0 Å². The fourth-order valence-corrected chi connectivity index (χ4v) is 3.78. The summed E-state index contributed by atoms with van der Waals surface area (Å²) in [6, 6.07) is 20.6. The minimum absolute atomic E-state index is 0.268. The zero-order valence-corrected chi connectivity index (χ0v) is 23.0. The van der Waals surface area contributed by atoms with Crippen LogP contribution in [0.25, 0.3) is 0 Å². The van der Waals surface area contributed by atoms with Gasteiger partial charge in [-0.25, -0.2) is 5.43 Å². The van der Waals surface area contributed by atoms with Gasteiger partial charge in [-0.3, -0.25) is 9.59 Å². The SMILES string of the molecule is CC(C)COc1ccc(/C=N\NC(=O)[C@H](Cc2ccccc2)NC(=O)[C@@H](C)Oc2ccc(Cl)cc2Cl)cc1. The van der Waals surface area contributed by atoms with Crippen LogP contribution in [0.1, 0.15) is 31.9 Å². The van der Waals surface area contributed by atoms with Crippen LogP contribution in [0.3, 0.4) is 0 Å². The van der Waals surface area contributed by atoms with Gasteiger partial charge in [-0.15, -0.1) is 0 Å². The monoisotopic (exact) mass is 555 g/mol. The molecule has 0 bridgehead atoms. The van der Waals surface area contributed by atoms with Crippen LogP contribution >= 0.6 is 23.2 Å². The summed E-state index contributed by atoms with van der Waals surface area (Å²) in [5.41, 5.74) is 4.19. The molecule has 2 atom stereocenters. The molecule has 2 amide bonds. The van der Waals surface area contributed by atoms with Crippen LogP contribution in [0.15, 0.2) is 77.9 Å². The standard InChI is InChI=1S/C29H31Cl2N3O4/c1-19(2)18-37-24-12-9-22(10-13-24)17-32-34-29(36)26(15-21-7-5-4-6-8-21)33-28(35)20(3)38-27-14-11-23(30)16-25(27)31/h4-14,16-17,19-20,26H,15,18H2,1-3H3,(H,33,35)(H,34,36)/b32-17-/t20-,26+/m1/s1. The Morgan fingerprint density at radius 2 is 1.66 bits per heavy atom. The molecular weight excluding hydrogens is 525 g/mol. The number of rotatable bonds is 12. The van der Waals surface area contributed by atoms with E-state index in [1.54, 1.807) is 19.1 Å². The number of halogens is 2. The smallest absolute Gasteiger partial charge is 0.262 e. The van der Waals surface area contributed by atoms with Crippen molar-refractivity contribution in [2.45, 2.75) is 39.3 Å². The Morgan fingerprint density at radius 3 is 2.32 bits per heavy atom. The maximum atomic E-state index is 13.0. The number of nitrogens with one attached hydrogen (secondary N) is 2. The number of hydrazone groups is 1. The van der Waals surface area contributed by atoms with Gasteiger partial charge in [-0.1, -0.05) is 67.4 Å². The average molecular weight is 556 g/mol. The second-order valence-corrected chi connectivity index (χ2v) is 9.94. The quantitative estimate of drug-likeness (QED) is 0.222. The molecule has 7 nitrogen and oxygen atoms in total. The number of carbonyl (C=O) groups excluding carboxylic acids is 2. The van der Waals surface area contributed by atoms with Gasteiger partial charge >= 0.3 is 0 Å². The van der Waals surface area contributed by atoms with Crippen molar-refractivity contribution < 1.29 is 19.1 Å². The second kappa shape index (κ2) is 14.4. The lowest BCUT2D eigenvalue weighted by atomic mass is 10.1. The summed E-state index contributed by atoms with van der Waals surface area (Å²) in [7, 11) is 0. The van der Waals surface area contributed by atoms with Gasteiger partial charge in [0.15, 0.2) is 6.10 Å². The molecule has 0 unspecified atom stereocenters. The molecule has 0 aliphatic rings. The van der Waals surface area contributed by atoms with E-state index < -0.39 is 24.0 Å². The normalized spacial score (nSPS) is 12.7. The molecule has 0 saturated carbocycles. The largest absolute Gasteiger partial charge is 0.493 e. The second-order valence-electron chi connectivity index (χ2n) is 9.09. The van der Waals surface area contributed by atoms with E-state index in [4.69, 9.17) is 32.7 Å². The van der Waals surface area contributed by atoms with Crippen LogP contribution in [-0.2, 0) is 16.0 Å². The molecule has 2 N–H and O–H groups in total. The number of hydrogen-bond donors (Lipinski definition) is 2. The lowest BCUT2D eigenvalue weighted by Crippen LogP contribution is -2.50. The van der Waals surface area contributed by atoms with Crippen LogP contribution in [0.4, 0.5) is 0 Å². The molecule has 200 valence electrons. The molecule has 0 aromatic heterocycles. The van der Waals surface area contributed by atoms with Crippen molar-refractivity contribution >= 4 is 41.2 Å². The Kier molecular flexibility index (Phi) is 11.0. The predicted molar refractivity (Wildman–Crippen MR) is 151 cm³/mol. The maximum Gasteiger partial charge on any atom is 0.262 e. The average Bonchev–Trinajstić information content (AvgIpc) is 2.89. The summed E-state index contributed by atoms with van der Waals surface area (Å²) in [6.45, 7) is 6.37. The van der Waals surface area contributed by atoms with Crippen LogP contribution in [0, 0.1) is 5.92 Å². The molecular formula is C29H31Cl2N3O4. The molecule has 0 aliphatic carbocycles. The highest BCUT2D eigenvalue weighted by molar-refractivity contribution is 6.35. The fourth-order valence-electron chi connectivity index (χ4n) is 3.32. The van der Waals surface area contributed by atoms with Crippen molar-refractivity contribution in [3.8, 4) is 11.5 Å². The topological polar surface area (TPSA) is 89.0 Å². The van der Waals surface area contributed by atoms with E-state index >= 15 is 0 Å². The van der Waals surface area contributed by atoms with E-state index in [1.807, 2.05) is 54.6 Å². The summed E-state index contributed by atoms with van der Waals surface area (Å²) in [6.07, 6.45) is 0.879. The van der Waals surface area contributed by atoms with E-state index in [1.165, 1.54) is 12.3 Å². The molecule has 0 fully saturated rings. The Labute approximate surface area is 233 Å². The molecule has 3 aromatic carbocycles. The molecule has 3 rings (SSSR count). The third-order valence-electron chi connectivity index (χ3n) is 5.33. The summed E-state index contributed by atoms with van der Waals surface area (Å²) < 4.78 is 11.4. The summed E-state index contributed by atoms with van der Waals surface area (Å²) in [5, 5.41) is 7.57. The minimum Gasteiger partial charge on any atom is -0.493 e. The molecule has 0 aliphatic heterocycles. The highest BCUT2D eigenvalue weighted by Gasteiger charge is 2.25. The van der Waals surface area contributed by atoms with Crippen LogP contribution in [-0.4, -0.2) is 36.8 Å². The van der Waals surface area contributed by atoms with Gasteiger partial charge in [0.25, 0.3) is 11.8 Å². The van der Waals surface area contributed by atoms with Crippen molar-refractivity contribution in [3.05, 3.63) is 94.0 Å². The van der Waals surface area contributed by atoms with Gasteiger partial charge in [0.1, 0.15) is 17.5 Å². The first-order valence-corrected chi connectivity index (χ1v) is 13.0. The first kappa shape index (κ1) is 29.0. The molecule has 0 heterocycles. The third kappa shape index (κ3) is 9.39. The lowest BCUT2D eigenvalue weighted by molar-refractivity contribution is -0.132. The Morgan fingerprint density at radius 1 is 0.947 bits per heavy atom. The Bertz CT molecular complexity index is 1230. The van der Waals surface area contributed by atoms with Gasteiger partial charge in [0.05, 0.1) is 17.8 Å². The number of benzene rings is 3. The maximum absolute atomic E-state index is 13.0. The number of hydrogen-bond acceptors (Lipinski definition) is 5. The first-order valence-electron chi connectivity index (χ1n) is 12.2. The number of nitrogens with zero attached hydrogens (tertiary/aromatic N) is 1. The molecule has 0 radical (unpaired) electrons. The van der Waals surface area contributed by atoms with Crippen molar-refractivity contribution in [2.24, 2.45) is 11.0 Å². The van der Waals surface area contributed by atoms with Gasteiger partial charge in [0, 0.05) is 11.4 Å². The summed E-state index contributed by atoms with van der Waals surface area (Å²) in [4.78, 5) is 25.9. The molecule has 0 spiro atoms. The predicted octanol–water partition coefficient (Wildman–Crippen LogP) is 5.67. The molecule has 0 saturated heterocycles. The van der Waals surface area contributed by atoms with E-state index in [2.05, 4.69) is 29.7 Å². The number of ether oxygens (including phenoxy) is 2. The van der Waals surface area contributed by atoms with Crippen molar-refractivity contribution in [2.75, 3.05) is 6.61 Å². The molecule has 38 heavy (non-hydrogen) atoms. The van der Waals surface area contributed by atoms with Gasteiger partial charge in [0.2, 0.25) is 0 Å². The summed E-state index contributed by atoms with van der Waals surface area (Å²) >= 11 is 12.1. The Hall–Kier alpha value is -3.55. The third-order valence-corrected chi connectivity index (χ3v) is 5.86. The first-order chi connectivity index (χ1) is 18.2. The van der Waals surface area contributed by atoms with Crippen molar-refractivity contribution in [3.63, 3.8) is 0 Å². The van der Waals surface area contributed by atoms with Gasteiger partial charge < -0.3 is 14.8 Å². The van der Waals surface area contributed by atoms with Crippen molar-refractivity contribution in [1.82, 2.24) is 10.7 Å². The van der Waals surface area contributed by atoms with Gasteiger partial charge in [-0.2, -0.15) is 5.10 Å². The zero-order valence-electron chi connectivity index (χ0n) is 21.5. The highest BCUT2D eigenvalue weighted by Crippen LogP contribution is 2.28. The zero-order chi connectivity index (χ0) is 27.5. The van der Waals surface area contributed by atoms with Crippen LogP contribution in [0.5, 0.6) is 11.5 Å². The fraction of sp³-hybridized carbons (Fsp3) is 0.276. The number of carbonyl (C=O) groups is 2. The van der Waals surface area contributed by atoms with Gasteiger partial charge in [-0.05, 0) is 66.4 Å². The van der Waals surface area contributed by atoms with E-state index in [9.17, 15) is 9.59 Å². The Balaban J connectivity index is 1.63. The van der Waals surface area contributed by atoms with Crippen molar-refractivity contribution in [1.29, 1.82) is 0 Å². The van der Waals surface area contributed by atoms with Crippen LogP contribution < -0.4 is 20.2 Å². The molecule has 9 heteroatoms. The van der Waals surface area contributed by atoms with E-state index in [-0.39, 0.29) is 11.4 Å². The van der Waals surface area contributed by atoms with E-state index in [0.29, 0.717) is 23.3 Å². The summed E-state index contributed by atoms with van der Waals surface area (Å²) in [5.74, 6) is 0.565. The minimum atomic E-state index is -0.917. The lowest BCUT2D eigenvalue weighted by Gasteiger charge is -2.21. The number of amides is 2. The van der Waals surface area contributed by atoms with E-state index in [0.717, 1.165) is 16.9 Å². The molecule has 3 aromatic rings. The highest BCUT2D eigenvalue weighted by atomic mass is 35.5.